The van der Waals surface area contributed by atoms with Crippen LogP contribution in [0.15, 0.2) is 24.3 Å². The highest BCUT2D eigenvalue weighted by molar-refractivity contribution is 7.47. The van der Waals surface area contributed by atoms with E-state index in [1.807, 2.05) is 0 Å². The van der Waals surface area contributed by atoms with Crippen LogP contribution < -0.4 is 0 Å². The van der Waals surface area contributed by atoms with Gasteiger partial charge in [-0.3, -0.25) is 37.3 Å². The molecular formula is C71H134O17P2. The normalized spacial score (nSPS) is 14.2. The number of carbonyl (C=O) groups excluding carboxylic acids is 4. The number of phosphoric acid groups is 2. The predicted octanol–water partition coefficient (Wildman–Crippen LogP) is 20.1. The highest BCUT2D eigenvalue weighted by atomic mass is 31.2. The molecule has 0 bridgehead atoms. The minimum atomic E-state index is -4.96. The molecule has 17 nitrogen and oxygen atoms in total. The number of aliphatic hydroxyl groups excluding tert-OH is 1. The first-order valence-electron chi connectivity index (χ1n) is 36.5. The molecule has 0 aliphatic rings. The zero-order valence-electron chi connectivity index (χ0n) is 57.8. The zero-order chi connectivity index (χ0) is 66.3. The van der Waals surface area contributed by atoms with Gasteiger partial charge in [-0.2, -0.15) is 0 Å². The van der Waals surface area contributed by atoms with Crippen LogP contribution in [-0.4, -0.2) is 96.7 Å². The van der Waals surface area contributed by atoms with E-state index >= 15 is 0 Å². The van der Waals surface area contributed by atoms with Crippen molar-refractivity contribution in [3.05, 3.63) is 24.3 Å². The summed E-state index contributed by atoms with van der Waals surface area (Å²) in [6.45, 7) is 7.15. The Labute approximate surface area is 548 Å². The first kappa shape index (κ1) is 87.5. The summed E-state index contributed by atoms with van der Waals surface area (Å²) < 4.78 is 68.3. The van der Waals surface area contributed by atoms with Crippen LogP contribution in [0.25, 0.3) is 0 Å². The summed E-state index contributed by atoms with van der Waals surface area (Å²) in [6.07, 6.45) is 53.4. The first-order valence-corrected chi connectivity index (χ1v) is 39.4. The van der Waals surface area contributed by atoms with E-state index in [1.54, 1.807) is 0 Å². The SMILES string of the molecule is CCCCCC/C=C\C=C/CCCCCCCC(=O)O[C@H](COC(=O)CCCCCCCCCCCCCCC)COP(=O)(O)OC[C@@H](O)COP(=O)(O)OC[C@@H](COC(=O)CCCCCCCCCCCC)OC(=O)CCCCCCCCCCCC(C)C. The number of allylic oxidation sites excluding steroid dienone is 4. The molecular weight excluding hydrogens is 1190 g/mol. The molecule has 530 valence electrons. The fraction of sp³-hybridized carbons (Fsp3) is 0.887. The smallest absolute Gasteiger partial charge is 0.462 e. The lowest BCUT2D eigenvalue weighted by atomic mass is 10.0. The molecule has 19 heteroatoms. The molecule has 2 unspecified atom stereocenters. The van der Waals surface area contributed by atoms with E-state index in [-0.39, 0.29) is 25.7 Å². The van der Waals surface area contributed by atoms with Gasteiger partial charge in [0.05, 0.1) is 26.4 Å². The van der Waals surface area contributed by atoms with Crippen molar-refractivity contribution >= 4 is 39.5 Å². The van der Waals surface area contributed by atoms with Crippen LogP contribution in [0.5, 0.6) is 0 Å². The van der Waals surface area contributed by atoms with Crippen LogP contribution in [0.2, 0.25) is 0 Å². The topological polar surface area (TPSA) is 237 Å². The van der Waals surface area contributed by atoms with Gasteiger partial charge >= 0.3 is 39.5 Å². The van der Waals surface area contributed by atoms with Crippen LogP contribution in [0.4, 0.5) is 0 Å². The molecule has 90 heavy (non-hydrogen) atoms. The second-order valence-corrected chi connectivity index (χ2v) is 28.3. The van der Waals surface area contributed by atoms with E-state index in [2.05, 4.69) is 58.9 Å². The Balaban J connectivity index is 5.29. The van der Waals surface area contributed by atoms with Crippen molar-refractivity contribution in [2.45, 2.75) is 361 Å². The van der Waals surface area contributed by atoms with Gasteiger partial charge in [-0.25, -0.2) is 9.13 Å². The number of unbranched alkanes of at least 4 members (excludes halogenated alkanes) is 38. The summed E-state index contributed by atoms with van der Waals surface area (Å²) in [7, 11) is -9.91. The molecule has 0 aliphatic heterocycles. The Kier molecular flexibility index (Phi) is 62.2. The number of aliphatic hydroxyl groups is 1. The zero-order valence-corrected chi connectivity index (χ0v) is 59.5. The van der Waals surface area contributed by atoms with Gasteiger partial charge < -0.3 is 33.8 Å². The lowest BCUT2D eigenvalue weighted by molar-refractivity contribution is -0.161. The third kappa shape index (κ3) is 64.3. The van der Waals surface area contributed by atoms with E-state index in [0.717, 1.165) is 109 Å². The van der Waals surface area contributed by atoms with Gasteiger partial charge in [0.2, 0.25) is 0 Å². The maximum Gasteiger partial charge on any atom is 0.472 e. The van der Waals surface area contributed by atoms with Gasteiger partial charge in [0.15, 0.2) is 12.2 Å². The molecule has 0 saturated heterocycles. The second-order valence-electron chi connectivity index (χ2n) is 25.4. The highest BCUT2D eigenvalue weighted by Gasteiger charge is 2.30. The monoisotopic (exact) mass is 1320 g/mol. The van der Waals surface area contributed by atoms with E-state index in [1.165, 1.54) is 154 Å². The largest absolute Gasteiger partial charge is 0.472 e. The van der Waals surface area contributed by atoms with Crippen LogP contribution in [-0.2, 0) is 65.4 Å². The summed E-state index contributed by atoms with van der Waals surface area (Å²) in [5, 5.41) is 10.6. The molecule has 0 aliphatic carbocycles. The van der Waals surface area contributed by atoms with Crippen molar-refractivity contribution in [1.82, 2.24) is 0 Å². The standard InChI is InChI=1S/C71H134O17P2/c1-6-9-12-15-18-21-24-26-27-29-31-36-41-46-51-56-70(75)87-66(61-82-69(74)55-50-45-40-35-30-28-25-22-19-16-13-10-7-2)62-85-89(77,78)83-58-65(72)59-84-90(79,80)86-63-67(60-81-68(73)54-49-44-39-34-23-20-17-14-11-8-3)88-71(76)57-52-47-42-37-32-33-38-43-48-53-64(4)5/h21,24,26-27,64-67,72H,6-20,22-23,25,28-63H2,1-5H3,(H,77,78)(H,79,80)/b24-21-,27-26-/t65-,66-,67-/m1/s1. The second kappa shape index (κ2) is 63.9. The molecule has 0 rings (SSSR count). The number of hydrogen-bond donors (Lipinski definition) is 3. The maximum atomic E-state index is 13.0. The fourth-order valence-electron chi connectivity index (χ4n) is 10.3. The minimum absolute atomic E-state index is 0.0855. The fourth-order valence-corrected chi connectivity index (χ4v) is 11.9. The average molecular weight is 1320 g/mol. The van der Waals surface area contributed by atoms with Gasteiger partial charge in [0.25, 0.3) is 0 Å². The molecule has 0 heterocycles. The van der Waals surface area contributed by atoms with Gasteiger partial charge in [-0.15, -0.1) is 0 Å². The van der Waals surface area contributed by atoms with Gasteiger partial charge in [-0.1, -0.05) is 290 Å². The van der Waals surface area contributed by atoms with Crippen molar-refractivity contribution in [1.29, 1.82) is 0 Å². The number of phosphoric ester groups is 2. The summed E-state index contributed by atoms with van der Waals surface area (Å²) in [5.41, 5.74) is 0. The Morgan fingerprint density at radius 2 is 0.600 bits per heavy atom. The highest BCUT2D eigenvalue weighted by Crippen LogP contribution is 2.45. The van der Waals surface area contributed by atoms with Crippen LogP contribution in [0.3, 0.4) is 0 Å². The summed E-state index contributed by atoms with van der Waals surface area (Å²) in [4.78, 5) is 72.5. The molecule has 0 saturated carbocycles. The van der Waals surface area contributed by atoms with E-state index in [0.29, 0.717) is 25.7 Å². The predicted molar refractivity (Wildman–Crippen MR) is 363 cm³/mol. The number of carbonyl (C=O) groups is 4. The summed E-state index contributed by atoms with van der Waals surface area (Å²) >= 11 is 0. The van der Waals surface area contributed by atoms with Crippen molar-refractivity contribution in [2.24, 2.45) is 5.92 Å². The van der Waals surface area contributed by atoms with E-state index < -0.39 is 97.5 Å². The van der Waals surface area contributed by atoms with Crippen LogP contribution in [0, 0.1) is 5.92 Å². The van der Waals surface area contributed by atoms with E-state index in [9.17, 15) is 43.2 Å². The molecule has 0 aromatic heterocycles. The first-order chi connectivity index (χ1) is 43.5. The lowest BCUT2D eigenvalue weighted by Crippen LogP contribution is -2.30. The number of ether oxygens (including phenoxy) is 4. The van der Waals surface area contributed by atoms with Gasteiger partial charge in [0.1, 0.15) is 19.3 Å². The molecule has 0 aromatic rings. The van der Waals surface area contributed by atoms with Crippen LogP contribution >= 0.6 is 15.6 Å². The Morgan fingerprint density at radius 1 is 0.344 bits per heavy atom. The number of esters is 4. The van der Waals surface area contributed by atoms with Crippen molar-refractivity contribution in [2.75, 3.05) is 39.6 Å². The molecule has 0 fully saturated rings. The van der Waals surface area contributed by atoms with Crippen molar-refractivity contribution in [3.63, 3.8) is 0 Å². The van der Waals surface area contributed by atoms with Gasteiger partial charge in [-0.05, 0) is 57.3 Å². The summed E-state index contributed by atoms with van der Waals surface area (Å²) in [5.74, 6) is -1.42. The molecule has 3 N–H and O–H groups in total. The molecule has 0 spiro atoms. The minimum Gasteiger partial charge on any atom is -0.462 e. The third-order valence-corrected chi connectivity index (χ3v) is 17.8. The van der Waals surface area contributed by atoms with Crippen LogP contribution in [0.1, 0.15) is 343 Å². The van der Waals surface area contributed by atoms with Crippen molar-refractivity contribution in [3.8, 4) is 0 Å². The molecule has 0 radical (unpaired) electrons. The molecule has 0 amide bonds. The lowest BCUT2D eigenvalue weighted by Gasteiger charge is -2.21. The van der Waals surface area contributed by atoms with Crippen molar-refractivity contribution < 1.29 is 80.2 Å². The number of rotatable bonds is 69. The number of hydrogen-bond acceptors (Lipinski definition) is 15. The quantitative estimate of drug-likeness (QED) is 0.0169. The summed E-state index contributed by atoms with van der Waals surface area (Å²) in [6, 6.07) is 0. The Hall–Kier alpha value is -2.46. The Bertz CT molecular complexity index is 1830. The third-order valence-electron chi connectivity index (χ3n) is 15.9. The molecule has 0 aromatic carbocycles. The van der Waals surface area contributed by atoms with Gasteiger partial charge in [0, 0.05) is 25.7 Å². The average Bonchev–Trinajstić information content (AvgIpc) is 3.66. The molecule has 5 atom stereocenters. The van der Waals surface area contributed by atoms with E-state index in [4.69, 9.17) is 37.0 Å². The maximum absolute atomic E-state index is 13.0. The Morgan fingerprint density at radius 3 is 0.911 bits per heavy atom.